The molecule has 2 heterocycles. The van der Waals surface area contributed by atoms with Gasteiger partial charge in [0.05, 0.1) is 21.0 Å². The number of pyridine rings is 1. The van der Waals surface area contributed by atoms with E-state index in [1.807, 2.05) is 0 Å². The molecule has 2 aromatic rings. The Balaban J connectivity index is 2.23. The number of hydrogen-bond donors (Lipinski definition) is 0. The normalized spacial score (nSPS) is 23.0. The van der Waals surface area contributed by atoms with Crippen LogP contribution in [0.2, 0.25) is 5.02 Å². The van der Waals surface area contributed by atoms with Gasteiger partial charge in [0.2, 0.25) is 14.8 Å². The molecule has 4 nitrogen and oxygen atoms in total. The Morgan fingerprint density at radius 3 is 2.29 bits per heavy atom. The molecule has 2 unspecified atom stereocenters. The molecule has 0 N–H and O–H groups in total. The van der Waals surface area contributed by atoms with Crippen LogP contribution < -0.4 is 0 Å². The number of halogens is 7. The maximum atomic E-state index is 13.6. The van der Waals surface area contributed by atoms with Gasteiger partial charge >= 0.3 is 12.4 Å². The SMILES string of the molecule is CC1CCOC(c2ncc(C(F)(F)F)cc2Cl)(S(=O)(=O)c2cccc(C(F)(F)F)c2)C1. The molecule has 1 aliphatic heterocycles. The van der Waals surface area contributed by atoms with Crippen LogP contribution in [0.4, 0.5) is 26.3 Å². The fraction of sp³-hybridized carbons (Fsp3) is 0.421. The molecule has 0 saturated carbocycles. The van der Waals surface area contributed by atoms with Gasteiger partial charge in [-0.15, -0.1) is 0 Å². The molecule has 3 rings (SSSR count). The first kappa shape index (κ1) is 23.8. The fourth-order valence-corrected chi connectivity index (χ4v) is 5.88. The molecule has 12 heteroatoms. The van der Waals surface area contributed by atoms with E-state index in [0.717, 1.165) is 12.1 Å². The van der Waals surface area contributed by atoms with Gasteiger partial charge < -0.3 is 4.74 Å². The molecule has 31 heavy (non-hydrogen) atoms. The minimum atomic E-state index is -4.80. The number of sulfone groups is 1. The van der Waals surface area contributed by atoms with E-state index >= 15 is 0 Å². The molecule has 1 saturated heterocycles. The van der Waals surface area contributed by atoms with Crippen molar-refractivity contribution in [3.63, 3.8) is 0 Å². The zero-order valence-electron chi connectivity index (χ0n) is 15.9. The van der Waals surface area contributed by atoms with Crippen molar-refractivity contribution in [1.29, 1.82) is 0 Å². The van der Waals surface area contributed by atoms with Crippen molar-refractivity contribution in [3.05, 3.63) is 58.4 Å². The van der Waals surface area contributed by atoms with Gasteiger partial charge in [-0.3, -0.25) is 4.98 Å². The van der Waals surface area contributed by atoms with Gasteiger partial charge in [-0.2, -0.15) is 26.3 Å². The Hall–Kier alpha value is -1.85. The molecule has 0 aliphatic carbocycles. The number of aromatic nitrogens is 1. The Morgan fingerprint density at radius 1 is 1.10 bits per heavy atom. The topological polar surface area (TPSA) is 56.3 Å². The number of hydrogen-bond acceptors (Lipinski definition) is 4. The standard InChI is InChI=1S/C19H16ClF6NO3S/c1-11-5-6-30-17(9-11,16-15(20)8-13(10-27-16)19(24,25)26)31(28,29)14-4-2-3-12(7-14)18(21,22)23/h2-4,7-8,10-11H,5-6,9H2,1H3. The predicted octanol–water partition coefficient (Wildman–Crippen LogP) is 5.85. The van der Waals surface area contributed by atoms with E-state index < -0.39 is 53.9 Å². The van der Waals surface area contributed by atoms with Gasteiger partial charge in [0, 0.05) is 12.8 Å². The van der Waals surface area contributed by atoms with Crippen LogP contribution in [0.3, 0.4) is 0 Å². The summed E-state index contributed by atoms with van der Waals surface area (Å²) in [6.45, 7) is 1.59. The van der Waals surface area contributed by atoms with Crippen molar-refractivity contribution >= 4 is 21.4 Å². The van der Waals surface area contributed by atoms with E-state index in [4.69, 9.17) is 16.3 Å². The Morgan fingerprint density at radius 2 is 1.74 bits per heavy atom. The van der Waals surface area contributed by atoms with Crippen LogP contribution in [-0.4, -0.2) is 20.0 Å². The average Bonchev–Trinajstić information content (AvgIpc) is 2.66. The first-order chi connectivity index (χ1) is 14.2. The largest absolute Gasteiger partial charge is 0.417 e. The molecule has 1 aromatic heterocycles. The zero-order valence-corrected chi connectivity index (χ0v) is 17.5. The molecule has 0 spiro atoms. The highest BCUT2D eigenvalue weighted by Crippen LogP contribution is 2.48. The number of rotatable bonds is 3. The molecule has 1 aliphatic rings. The number of nitrogens with zero attached hydrogens (tertiary/aromatic N) is 1. The van der Waals surface area contributed by atoms with Gasteiger partial charge in [-0.05, 0) is 43.0 Å². The Labute approximate surface area is 179 Å². The molecular formula is C19H16ClF6NO3S. The summed E-state index contributed by atoms with van der Waals surface area (Å²) in [4.78, 5) is 0.623. The van der Waals surface area contributed by atoms with Crippen molar-refractivity contribution in [2.45, 2.75) is 41.9 Å². The summed E-state index contributed by atoms with van der Waals surface area (Å²) < 4.78 is 111. The molecular weight excluding hydrogens is 472 g/mol. The second-order valence-electron chi connectivity index (χ2n) is 7.28. The van der Waals surface area contributed by atoms with Crippen molar-refractivity contribution in [3.8, 4) is 0 Å². The lowest BCUT2D eigenvalue weighted by Gasteiger charge is -2.39. The van der Waals surface area contributed by atoms with Crippen LogP contribution in [0.25, 0.3) is 0 Å². The summed E-state index contributed by atoms with van der Waals surface area (Å²) in [5.41, 5.74) is -2.89. The Kier molecular flexibility index (Phi) is 6.09. The van der Waals surface area contributed by atoms with E-state index in [1.165, 1.54) is 0 Å². The molecule has 1 fully saturated rings. The van der Waals surface area contributed by atoms with Gasteiger partial charge in [-0.1, -0.05) is 24.6 Å². The van der Waals surface area contributed by atoms with Crippen molar-refractivity contribution < 1.29 is 39.5 Å². The van der Waals surface area contributed by atoms with E-state index in [-0.39, 0.29) is 18.9 Å². The lowest BCUT2D eigenvalue weighted by Crippen LogP contribution is -2.45. The van der Waals surface area contributed by atoms with Crippen molar-refractivity contribution in [2.75, 3.05) is 6.61 Å². The number of ether oxygens (including phenoxy) is 1. The lowest BCUT2D eigenvalue weighted by atomic mass is 9.95. The minimum Gasteiger partial charge on any atom is -0.353 e. The van der Waals surface area contributed by atoms with Crippen LogP contribution in [0, 0.1) is 5.92 Å². The number of benzene rings is 1. The highest BCUT2D eigenvalue weighted by molar-refractivity contribution is 7.92. The molecule has 2 atom stereocenters. The Bertz CT molecular complexity index is 1090. The quantitative estimate of drug-likeness (QED) is 0.510. The van der Waals surface area contributed by atoms with Gasteiger partial charge in [0.1, 0.15) is 5.69 Å². The summed E-state index contributed by atoms with van der Waals surface area (Å²) in [6, 6.07) is 3.58. The third-order valence-electron chi connectivity index (χ3n) is 5.00. The minimum absolute atomic E-state index is 0.0988. The maximum absolute atomic E-state index is 13.6. The van der Waals surface area contributed by atoms with Crippen LogP contribution in [0.15, 0.2) is 41.4 Å². The molecule has 1 aromatic carbocycles. The van der Waals surface area contributed by atoms with Crippen molar-refractivity contribution in [1.82, 2.24) is 4.98 Å². The summed E-state index contributed by atoms with van der Waals surface area (Å²) in [7, 11) is -4.71. The van der Waals surface area contributed by atoms with Gasteiger partial charge in [0.25, 0.3) is 0 Å². The van der Waals surface area contributed by atoms with Crippen LogP contribution in [0.5, 0.6) is 0 Å². The van der Waals surface area contributed by atoms with Gasteiger partial charge in [0.15, 0.2) is 0 Å². The highest BCUT2D eigenvalue weighted by atomic mass is 35.5. The van der Waals surface area contributed by atoms with Crippen LogP contribution in [-0.2, 0) is 31.9 Å². The first-order valence-corrected chi connectivity index (χ1v) is 10.8. The first-order valence-electron chi connectivity index (χ1n) is 8.97. The molecule has 170 valence electrons. The zero-order chi connectivity index (χ0) is 23.2. The fourth-order valence-electron chi connectivity index (χ4n) is 3.43. The van der Waals surface area contributed by atoms with E-state index in [0.29, 0.717) is 30.8 Å². The molecule has 0 radical (unpaired) electrons. The highest BCUT2D eigenvalue weighted by Gasteiger charge is 2.53. The average molecular weight is 488 g/mol. The monoisotopic (exact) mass is 487 g/mol. The van der Waals surface area contributed by atoms with Crippen molar-refractivity contribution in [2.24, 2.45) is 5.92 Å². The van der Waals surface area contributed by atoms with E-state index in [2.05, 4.69) is 4.98 Å². The summed E-state index contributed by atoms with van der Waals surface area (Å²) in [5.74, 6) is -0.283. The van der Waals surface area contributed by atoms with Gasteiger partial charge in [-0.25, -0.2) is 8.42 Å². The van der Waals surface area contributed by atoms with E-state index in [1.54, 1.807) is 6.92 Å². The summed E-state index contributed by atoms with van der Waals surface area (Å²) in [5, 5.41) is -0.612. The molecule has 0 amide bonds. The summed E-state index contributed by atoms with van der Waals surface area (Å²) in [6.07, 6.45) is -8.96. The van der Waals surface area contributed by atoms with Crippen LogP contribution in [0.1, 0.15) is 36.6 Å². The molecule has 0 bridgehead atoms. The van der Waals surface area contributed by atoms with E-state index in [9.17, 15) is 34.8 Å². The third kappa shape index (κ3) is 4.40. The predicted molar refractivity (Wildman–Crippen MR) is 98.9 cm³/mol. The third-order valence-corrected chi connectivity index (χ3v) is 7.51. The smallest absolute Gasteiger partial charge is 0.353 e. The maximum Gasteiger partial charge on any atom is 0.417 e. The van der Waals surface area contributed by atoms with Crippen LogP contribution >= 0.6 is 11.6 Å². The summed E-state index contributed by atoms with van der Waals surface area (Å²) >= 11 is 6.02. The second kappa shape index (κ2) is 7.93. The second-order valence-corrected chi connectivity index (χ2v) is 9.83. The lowest BCUT2D eigenvalue weighted by molar-refractivity contribution is -0.138. The number of alkyl halides is 6.